The van der Waals surface area contributed by atoms with Crippen molar-refractivity contribution in [2.45, 2.75) is 65.4 Å². The molecule has 6 N–H and O–H groups in total. The minimum absolute atomic E-state index is 0. The first-order valence-corrected chi connectivity index (χ1v) is 13.7. The third-order valence-electron chi connectivity index (χ3n) is 7.25. The number of hydrogen-bond donors (Lipinski definition) is 6. The van der Waals surface area contributed by atoms with Gasteiger partial charge < -0.3 is 44.8 Å². The number of carbonyl (C=O) groups excluding carboxylic acids is 2. The number of benzene rings is 2. The van der Waals surface area contributed by atoms with Gasteiger partial charge in [0.25, 0.3) is 11.8 Å². The molecule has 0 aliphatic carbocycles. The average molecular weight is 1940 g/mol. The topological polar surface area (TPSA) is 204 Å². The molecule has 20 heteroatoms. The van der Waals surface area contributed by atoms with Crippen molar-refractivity contribution in [3.63, 3.8) is 0 Å². The van der Waals surface area contributed by atoms with Crippen LogP contribution in [0.1, 0.15) is 20.7 Å². The number of fused-ring (bicyclic) bond motifs is 1. The van der Waals surface area contributed by atoms with Crippen molar-refractivity contribution in [2.24, 2.45) is 0 Å². The monoisotopic (exact) mass is 1940 g/mol. The van der Waals surface area contributed by atoms with Crippen molar-refractivity contribution in [1.29, 1.82) is 0 Å². The summed E-state index contributed by atoms with van der Waals surface area (Å²) in [5.41, 5.74) is -1.33. The molecule has 3 aliphatic heterocycles. The Kier molecular flexibility index (Phi) is 29.8. The number of imide groups is 1. The van der Waals surface area contributed by atoms with Crippen LogP contribution in [0.25, 0.3) is 0 Å². The molecular weight excluding hydrogens is 1910 g/mol. The minimum atomic E-state index is -2.06. The van der Waals surface area contributed by atoms with Crippen molar-refractivity contribution in [2.75, 3.05) is 13.2 Å². The normalized spacial score (nSPS) is 32.1. The van der Waals surface area contributed by atoms with Crippen LogP contribution in [0.2, 0.25) is 0 Å². The molecule has 2 aromatic carbocycles. The summed E-state index contributed by atoms with van der Waals surface area (Å²) >= 11 is 0. The molecule has 2 aromatic rings. The molecule has 11 atom stereocenters. The van der Waals surface area contributed by atoms with E-state index in [9.17, 15) is 44.4 Å². The third-order valence-corrected chi connectivity index (χ3v) is 8.80. The third kappa shape index (κ3) is 12.0. The van der Waals surface area contributed by atoms with Crippen LogP contribution in [0.4, 0.5) is 0 Å². The van der Waals surface area contributed by atoms with Crippen molar-refractivity contribution in [3.05, 3.63) is 65.7 Å². The Balaban J connectivity index is 0. The van der Waals surface area contributed by atoms with E-state index in [0.717, 1.165) is 4.90 Å². The predicted octanol–water partition coefficient (Wildman–Crippen LogP) is -2.28. The van der Waals surface area contributed by atoms with E-state index >= 15 is 0 Å². The SMILES string of the molecule is O=C1c2ccccc2C(=O)N1C1C(O)C(O)C(COC2OC(CO)C(O)C(O)C2O)OC1S(=O)c1ccccc1.[Ac].[Ac].[Ac].[Ac].[Ac].[Ac]. The van der Waals surface area contributed by atoms with E-state index in [1.165, 1.54) is 24.3 Å². The van der Waals surface area contributed by atoms with Crippen molar-refractivity contribution in [3.8, 4) is 0 Å². The van der Waals surface area contributed by atoms with E-state index in [1.54, 1.807) is 30.3 Å². The maximum atomic E-state index is 13.7. The quantitative estimate of drug-likeness (QED) is 0.163. The van der Waals surface area contributed by atoms with Gasteiger partial charge in [0.15, 0.2) is 11.7 Å². The molecule has 0 bridgehead atoms. The van der Waals surface area contributed by atoms with Crippen LogP contribution < -0.4 is 0 Å². The van der Waals surface area contributed by atoms with E-state index < -0.39 is 96.3 Å². The Labute approximate surface area is 482 Å². The maximum Gasteiger partial charge on any atom is 0.262 e. The van der Waals surface area contributed by atoms with Crippen molar-refractivity contribution in [1.82, 2.24) is 4.90 Å². The van der Waals surface area contributed by atoms with Crippen LogP contribution in [0.15, 0.2) is 59.5 Å². The van der Waals surface area contributed by atoms with Crippen LogP contribution in [-0.2, 0) is 25.0 Å². The largest absolute Gasteiger partial charge is 0.394 e. The maximum absolute atomic E-state index is 13.7. The van der Waals surface area contributed by atoms with Crippen LogP contribution in [0, 0.1) is 264 Å². The molecule has 0 spiro atoms. The Morgan fingerprint density at radius 2 is 1.17 bits per heavy atom. The first kappa shape index (κ1) is 54.1. The molecule has 234 valence electrons. The van der Waals surface area contributed by atoms with Gasteiger partial charge in [-0.3, -0.25) is 18.7 Å². The zero-order chi connectivity index (χ0) is 28.7. The number of hydrogen-bond acceptors (Lipinski definition) is 12. The van der Waals surface area contributed by atoms with Gasteiger partial charge in [-0.25, -0.2) is 0 Å². The number of aliphatic hydroxyl groups is 6. The zero-order valence-electron chi connectivity index (χ0n) is 24.3. The molecular formula is C26H29Ac6NO12S. The predicted molar refractivity (Wildman–Crippen MR) is 134 cm³/mol. The van der Waals surface area contributed by atoms with Crippen LogP contribution >= 0.6 is 0 Å². The standard InChI is InChI=1S/C26H29NO12S.6Ac/c28-10-15-18(29)21(32)22(33)25(38-15)37-11-16-19(30)20(31)17(26(39-16)40(36)12-6-2-1-3-7-12)27-23(34)13-8-4-5-9-14(13)24(27)35;;;;;;/h1-9,15-22,25-26,28-33H,10-11H2;;;;;;. The molecule has 0 aromatic heterocycles. The molecule has 2 fully saturated rings. The van der Waals surface area contributed by atoms with E-state index in [4.69, 9.17) is 14.2 Å². The summed E-state index contributed by atoms with van der Waals surface area (Å²) in [7, 11) is -2.06. The number of rotatable bonds is 7. The van der Waals surface area contributed by atoms with Gasteiger partial charge in [-0.15, -0.1) is 0 Å². The smallest absolute Gasteiger partial charge is 0.262 e. The van der Waals surface area contributed by atoms with Gasteiger partial charge in [0.1, 0.15) is 48.8 Å². The van der Waals surface area contributed by atoms with Crippen LogP contribution in [0.3, 0.4) is 0 Å². The molecule has 13 nitrogen and oxygen atoms in total. The second-order valence-corrected chi connectivity index (χ2v) is 11.2. The summed E-state index contributed by atoms with van der Waals surface area (Å²) in [5, 5.41) is 61.9. The average Bonchev–Trinajstić information content (AvgIpc) is 3.22. The van der Waals surface area contributed by atoms with Crippen molar-refractivity contribution >= 4 is 22.6 Å². The number of amides is 2. The fraction of sp³-hybridized carbons (Fsp3) is 0.462. The number of nitrogens with zero attached hydrogens (tertiary/aromatic N) is 1. The number of carbonyl (C=O) groups is 2. The molecule has 3 aliphatic rings. The van der Waals surface area contributed by atoms with E-state index in [2.05, 4.69) is 0 Å². The van der Waals surface area contributed by atoms with Crippen LogP contribution in [0.5, 0.6) is 0 Å². The second-order valence-electron chi connectivity index (χ2n) is 9.68. The Morgan fingerprint density at radius 3 is 1.70 bits per heavy atom. The van der Waals surface area contributed by atoms with E-state index in [-0.39, 0.29) is 280 Å². The Morgan fingerprint density at radius 1 is 0.674 bits per heavy atom. The zero-order valence-corrected chi connectivity index (χ0v) is 53.6. The molecule has 2 amide bonds. The molecule has 6 radical (unpaired) electrons. The van der Waals surface area contributed by atoms with E-state index in [0.29, 0.717) is 0 Å². The minimum Gasteiger partial charge on any atom is -0.394 e. The van der Waals surface area contributed by atoms with Crippen LogP contribution in [-0.4, -0.2) is 125 Å². The number of ether oxygens (including phenoxy) is 3. The Hall–Kier alpha value is 6.02. The first-order valence-electron chi connectivity index (χ1n) is 12.5. The van der Waals surface area contributed by atoms with Crippen molar-refractivity contribution < 1.29 is 323 Å². The molecule has 5 rings (SSSR count). The van der Waals surface area contributed by atoms with Gasteiger partial charge in [-0.2, -0.15) is 0 Å². The molecule has 46 heavy (non-hydrogen) atoms. The van der Waals surface area contributed by atoms with E-state index in [1.807, 2.05) is 0 Å². The summed E-state index contributed by atoms with van der Waals surface area (Å²) in [4.78, 5) is 27.5. The number of aliphatic hydroxyl groups excluding tert-OH is 6. The summed E-state index contributed by atoms with van der Waals surface area (Å²) in [6.07, 6.45) is -12.8. The summed E-state index contributed by atoms with van der Waals surface area (Å²) in [5.74, 6) is -1.49. The summed E-state index contributed by atoms with van der Waals surface area (Å²) < 4.78 is 30.5. The van der Waals surface area contributed by atoms with Gasteiger partial charge in [0, 0.05) is 269 Å². The molecule has 11 unspecified atom stereocenters. The van der Waals surface area contributed by atoms with Gasteiger partial charge >= 0.3 is 0 Å². The molecule has 3 heterocycles. The first-order chi connectivity index (χ1) is 19.1. The fourth-order valence-corrected chi connectivity index (χ4v) is 6.54. The van der Waals surface area contributed by atoms with Gasteiger partial charge in [-0.05, 0) is 24.3 Å². The summed E-state index contributed by atoms with van der Waals surface area (Å²) in [6.45, 7) is -1.26. The Bertz CT molecular complexity index is 1250. The van der Waals surface area contributed by atoms with Gasteiger partial charge in [-0.1, -0.05) is 30.3 Å². The molecule has 0 saturated carbocycles. The second kappa shape index (κ2) is 25.3. The fourth-order valence-electron chi connectivity index (χ4n) is 5.07. The summed E-state index contributed by atoms with van der Waals surface area (Å²) in [6, 6.07) is 12.5. The molecule has 2 saturated heterocycles. The van der Waals surface area contributed by atoms with Gasteiger partial charge in [0.2, 0.25) is 0 Å². The van der Waals surface area contributed by atoms with Gasteiger partial charge in [0.05, 0.1) is 35.1 Å².